The Balaban J connectivity index is 2.07. The highest BCUT2D eigenvalue weighted by molar-refractivity contribution is 5.98. The number of hydrogen-bond acceptors (Lipinski definition) is 5. The third-order valence-corrected chi connectivity index (χ3v) is 4.31. The molecular formula is C20H22N2O5. The Labute approximate surface area is 157 Å². The lowest BCUT2D eigenvalue weighted by Crippen LogP contribution is -2.30. The topological polar surface area (TPSA) is 98.5 Å². The van der Waals surface area contributed by atoms with E-state index in [1.807, 2.05) is 18.2 Å². The van der Waals surface area contributed by atoms with Gasteiger partial charge in [0.05, 0.1) is 10.5 Å². The predicted molar refractivity (Wildman–Crippen MR) is 102 cm³/mol. The number of non-ortho nitro benzene ring substituents is 1. The molecule has 2 atom stereocenters. The number of rotatable bonds is 7. The maximum atomic E-state index is 12.4. The summed E-state index contributed by atoms with van der Waals surface area (Å²) in [5.41, 5.74) is 1.48. The molecule has 0 fully saturated rings. The van der Waals surface area contributed by atoms with Crippen molar-refractivity contribution in [3.05, 3.63) is 69.8 Å². The minimum absolute atomic E-state index is 0.0175. The first-order chi connectivity index (χ1) is 12.8. The largest absolute Gasteiger partial charge is 0.449 e. The molecule has 0 radical (unpaired) electrons. The summed E-state index contributed by atoms with van der Waals surface area (Å²) in [5.74, 6) is -0.995. The van der Waals surface area contributed by atoms with Crippen molar-refractivity contribution in [3.8, 4) is 0 Å². The number of benzene rings is 2. The van der Waals surface area contributed by atoms with Crippen molar-refractivity contribution in [2.75, 3.05) is 5.32 Å². The Bertz CT molecular complexity index is 850. The van der Waals surface area contributed by atoms with E-state index < -0.39 is 22.9 Å². The number of ether oxygens (including phenoxy) is 1. The molecule has 0 aromatic heterocycles. The highest BCUT2D eigenvalue weighted by atomic mass is 16.6. The zero-order chi connectivity index (χ0) is 20.0. The second-order valence-corrected chi connectivity index (χ2v) is 6.24. The van der Waals surface area contributed by atoms with E-state index in [4.69, 9.17) is 4.74 Å². The number of hydrogen-bond donors (Lipinski definition) is 1. The van der Waals surface area contributed by atoms with E-state index in [0.29, 0.717) is 5.69 Å². The predicted octanol–water partition coefficient (Wildman–Crippen LogP) is 4.29. The van der Waals surface area contributed by atoms with Crippen molar-refractivity contribution in [1.29, 1.82) is 0 Å². The van der Waals surface area contributed by atoms with Gasteiger partial charge in [0, 0.05) is 17.8 Å². The summed E-state index contributed by atoms with van der Waals surface area (Å²) in [6, 6.07) is 12.7. The maximum Gasteiger partial charge on any atom is 0.339 e. The van der Waals surface area contributed by atoms with E-state index in [2.05, 4.69) is 19.2 Å². The molecule has 2 unspecified atom stereocenters. The van der Waals surface area contributed by atoms with Crippen molar-refractivity contribution < 1.29 is 19.2 Å². The molecule has 7 heteroatoms. The lowest BCUT2D eigenvalue weighted by molar-refractivity contribution is -0.384. The zero-order valence-electron chi connectivity index (χ0n) is 15.5. The summed E-state index contributed by atoms with van der Waals surface area (Å²) in [4.78, 5) is 34.8. The van der Waals surface area contributed by atoms with Gasteiger partial charge < -0.3 is 10.1 Å². The molecule has 2 aromatic carbocycles. The summed E-state index contributed by atoms with van der Waals surface area (Å²) in [6.45, 7) is 5.58. The second kappa shape index (κ2) is 8.93. The van der Waals surface area contributed by atoms with Gasteiger partial charge >= 0.3 is 5.97 Å². The number of carbonyl (C=O) groups is 2. The molecule has 142 valence electrons. The van der Waals surface area contributed by atoms with Gasteiger partial charge in [-0.25, -0.2) is 4.79 Å². The van der Waals surface area contributed by atoms with Crippen LogP contribution in [0.1, 0.15) is 49.0 Å². The van der Waals surface area contributed by atoms with E-state index in [9.17, 15) is 19.7 Å². The van der Waals surface area contributed by atoms with E-state index in [1.165, 1.54) is 25.1 Å². The van der Waals surface area contributed by atoms with Crippen LogP contribution in [0.25, 0.3) is 0 Å². The molecule has 2 aromatic rings. The average Bonchev–Trinajstić information content (AvgIpc) is 2.67. The van der Waals surface area contributed by atoms with Crippen LogP contribution in [0.3, 0.4) is 0 Å². The molecule has 0 aliphatic rings. The highest BCUT2D eigenvalue weighted by Gasteiger charge is 2.21. The van der Waals surface area contributed by atoms with Crippen LogP contribution in [-0.4, -0.2) is 22.9 Å². The maximum absolute atomic E-state index is 12.4. The standard InChI is InChI=1S/C20H22N2O5/c1-4-13(2)17-10-5-6-11-18(17)21-19(23)14(3)27-20(24)15-8-7-9-16(12-15)22(25)26/h5-14H,4H2,1-3H3,(H,21,23). The number of nitro benzene ring substituents is 1. The van der Waals surface area contributed by atoms with Gasteiger partial charge in [-0.3, -0.25) is 14.9 Å². The van der Waals surface area contributed by atoms with Gasteiger partial charge in [-0.05, 0) is 37.0 Å². The fraction of sp³-hybridized carbons (Fsp3) is 0.300. The van der Waals surface area contributed by atoms with E-state index in [1.54, 1.807) is 6.07 Å². The van der Waals surface area contributed by atoms with Gasteiger partial charge in [-0.15, -0.1) is 0 Å². The van der Waals surface area contributed by atoms with Crippen molar-refractivity contribution in [2.45, 2.75) is 39.2 Å². The first-order valence-corrected chi connectivity index (χ1v) is 8.68. The molecule has 0 spiro atoms. The summed E-state index contributed by atoms with van der Waals surface area (Å²) < 4.78 is 5.16. The van der Waals surface area contributed by atoms with Crippen molar-refractivity contribution in [3.63, 3.8) is 0 Å². The smallest absolute Gasteiger partial charge is 0.339 e. The molecular weight excluding hydrogens is 348 g/mol. The van der Waals surface area contributed by atoms with Crippen LogP contribution in [0.15, 0.2) is 48.5 Å². The normalized spacial score (nSPS) is 12.7. The molecule has 27 heavy (non-hydrogen) atoms. The third kappa shape index (κ3) is 5.13. The molecule has 0 saturated carbocycles. The van der Waals surface area contributed by atoms with Crippen LogP contribution in [-0.2, 0) is 9.53 Å². The van der Waals surface area contributed by atoms with Crippen molar-refractivity contribution >= 4 is 23.3 Å². The number of nitro groups is 1. The monoisotopic (exact) mass is 370 g/mol. The number of para-hydroxylation sites is 1. The van der Waals surface area contributed by atoms with E-state index >= 15 is 0 Å². The Morgan fingerprint density at radius 1 is 1.15 bits per heavy atom. The van der Waals surface area contributed by atoms with Gasteiger partial charge in [-0.1, -0.05) is 38.1 Å². The first-order valence-electron chi connectivity index (χ1n) is 8.68. The summed E-state index contributed by atoms with van der Waals surface area (Å²) in [7, 11) is 0. The third-order valence-electron chi connectivity index (χ3n) is 4.31. The van der Waals surface area contributed by atoms with Crippen molar-refractivity contribution in [2.24, 2.45) is 0 Å². The molecule has 0 saturated heterocycles. The van der Waals surface area contributed by atoms with Crippen molar-refractivity contribution in [1.82, 2.24) is 0 Å². The number of amides is 1. The lowest BCUT2D eigenvalue weighted by Gasteiger charge is -2.18. The Kier molecular flexibility index (Phi) is 6.65. The minimum atomic E-state index is -1.05. The van der Waals surface area contributed by atoms with Gasteiger partial charge in [0.2, 0.25) is 0 Å². The molecule has 1 N–H and O–H groups in total. The molecule has 1 amide bonds. The molecule has 0 heterocycles. The number of carbonyl (C=O) groups excluding carboxylic acids is 2. The summed E-state index contributed by atoms with van der Waals surface area (Å²) >= 11 is 0. The van der Waals surface area contributed by atoms with Gasteiger partial charge in [-0.2, -0.15) is 0 Å². The molecule has 0 aliphatic heterocycles. The second-order valence-electron chi connectivity index (χ2n) is 6.24. The number of anilines is 1. The van der Waals surface area contributed by atoms with Crippen LogP contribution >= 0.6 is 0 Å². The molecule has 7 nitrogen and oxygen atoms in total. The number of nitrogens with one attached hydrogen (secondary N) is 1. The summed E-state index contributed by atoms with van der Waals surface area (Å²) in [6.07, 6.45) is -0.133. The van der Waals surface area contributed by atoms with Crippen LogP contribution < -0.4 is 5.32 Å². The minimum Gasteiger partial charge on any atom is -0.449 e. The fourth-order valence-corrected chi connectivity index (χ4v) is 2.52. The SMILES string of the molecule is CCC(C)c1ccccc1NC(=O)C(C)OC(=O)c1cccc([N+](=O)[O-])c1. The van der Waals surface area contributed by atoms with Crippen LogP contribution in [0.2, 0.25) is 0 Å². The number of esters is 1. The zero-order valence-corrected chi connectivity index (χ0v) is 15.5. The Hall–Kier alpha value is -3.22. The molecule has 0 aliphatic carbocycles. The fourth-order valence-electron chi connectivity index (χ4n) is 2.52. The average molecular weight is 370 g/mol. The summed E-state index contributed by atoms with van der Waals surface area (Å²) in [5, 5.41) is 13.6. The first kappa shape index (κ1) is 20.1. The Morgan fingerprint density at radius 2 is 1.85 bits per heavy atom. The lowest BCUT2D eigenvalue weighted by atomic mass is 9.97. The molecule has 0 bridgehead atoms. The Morgan fingerprint density at radius 3 is 2.52 bits per heavy atom. The van der Waals surface area contributed by atoms with Gasteiger partial charge in [0.1, 0.15) is 0 Å². The van der Waals surface area contributed by atoms with Crippen LogP contribution in [0, 0.1) is 10.1 Å². The quantitative estimate of drug-likeness (QED) is 0.445. The van der Waals surface area contributed by atoms with Crippen LogP contribution in [0.4, 0.5) is 11.4 Å². The van der Waals surface area contributed by atoms with Gasteiger partial charge in [0.15, 0.2) is 6.10 Å². The molecule has 2 rings (SSSR count). The van der Waals surface area contributed by atoms with Crippen LogP contribution in [0.5, 0.6) is 0 Å². The van der Waals surface area contributed by atoms with E-state index in [-0.39, 0.29) is 17.2 Å². The number of nitrogens with zero attached hydrogens (tertiary/aromatic N) is 1. The van der Waals surface area contributed by atoms with E-state index in [0.717, 1.165) is 18.1 Å². The highest BCUT2D eigenvalue weighted by Crippen LogP contribution is 2.26. The van der Waals surface area contributed by atoms with Gasteiger partial charge in [0.25, 0.3) is 11.6 Å².